The van der Waals surface area contributed by atoms with Gasteiger partial charge in [0.15, 0.2) is 0 Å². The number of nitrogens with zero attached hydrogens (tertiary/aromatic N) is 2. The van der Waals surface area contributed by atoms with E-state index in [1.807, 2.05) is 0 Å². The fourth-order valence-corrected chi connectivity index (χ4v) is 3.69. The Labute approximate surface area is 175 Å². The summed E-state index contributed by atoms with van der Waals surface area (Å²) >= 11 is 0. The zero-order valence-corrected chi connectivity index (χ0v) is 17.4. The number of amides is 1. The van der Waals surface area contributed by atoms with Crippen molar-refractivity contribution in [3.8, 4) is 17.0 Å². The minimum Gasteiger partial charge on any atom is -0.507 e. The van der Waals surface area contributed by atoms with Gasteiger partial charge in [-0.1, -0.05) is 12.1 Å². The molecule has 1 unspecified atom stereocenters. The average molecular weight is 413 g/mol. The molecule has 30 heavy (non-hydrogen) atoms. The number of hydrogen-bond donors (Lipinski definition) is 3. The molecule has 1 saturated heterocycles. The highest BCUT2D eigenvalue weighted by Crippen LogP contribution is 2.36. The number of piperidine rings is 1. The summed E-state index contributed by atoms with van der Waals surface area (Å²) in [5.74, 6) is -1.51. The number of carbonyl (C=O) groups excluding carboxylic acids is 1. The number of aromatic nitrogens is 1. The van der Waals surface area contributed by atoms with Gasteiger partial charge in [-0.25, -0.2) is 14.6 Å². The number of carboxylic acid groups (broad SMARTS) is 1. The third-order valence-electron chi connectivity index (χ3n) is 4.98. The molecule has 0 radical (unpaired) electrons. The number of carbonyl (C=O) groups is 2. The quantitative estimate of drug-likeness (QED) is 0.697. The Bertz CT molecular complexity index is 968. The van der Waals surface area contributed by atoms with E-state index in [0.717, 1.165) is 0 Å². The summed E-state index contributed by atoms with van der Waals surface area (Å²) in [5.41, 5.74) is 6.69. The summed E-state index contributed by atoms with van der Waals surface area (Å²) in [4.78, 5) is 30.3. The number of aromatic hydroxyl groups is 1. The number of para-hydroxylation sites is 1. The minimum absolute atomic E-state index is 0.0254. The van der Waals surface area contributed by atoms with Crippen LogP contribution in [0.4, 0.5) is 10.6 Å². The highest BCUT2D eigenvalue weighted by Gasteiger charge is 2.32. The molecule has 160 valence electrons. The Morgan fingerprint density at radius 2 is 1.97 bits per heavy atom. The van der Waals surface area contributed by atoms with E-state index in [1.54, 1.807) is 49.9 Å². The first-order chi connectivity index (χ1) is 14.1. The lowest BCUT2D eigenvalue weighted by Gasteiger charge is -2.35. The van der Waals surface area contributed by atoms with Crippen molar-refractivity contribution in [2.24, 2.45) is 0 Å². The number of nitrogens with two attached hydrogens (primary N) is 1. The molecule has 0 spiro atoms. The average Bonchev–Trinajstić information content (AvgIpc) is 2.66. The lowest BCUT2D eigenvalue weighted by Crippen LogP contribution is -2.42. The van der Waals surface area contributed by atoms with Crippen LogP contribution in [0.5, 0.6) is 5.75 Å². The molecule has 0 saturated carbocycles. The first-order valence-corrected chi connectivity index (χ1v) is 9.87. The molecule has 1 atom stereocenters. The molecule has 0 bridgehead atoms. The molecule has 8 heteroatoms. The van der Waals surface area contributed by atoms with E-state index < -0.39 is 17.7 Å². The molecule has 3 rings (SSSR count). The molecule has 4 N–H and O–H groups in total. The van der Waals surface area contributed by atoms with Gasteiger partial charge in [0, 0.05) is 24.6 Å². The molecule has 2 heterocycles. The molecular weight excluding hydrogens is 386 g/mol. The van der Waals surface area contributed by atoms with Gasteiger partial charge in [0.25, 0.3) is 0 Å². The van der Waals surface area contributed by atoms with Crippen LogP contribution in [0.25, 0.3) is 11.3 Å². The zero-order chi connectivity index (χ0) is 22.1. The van der Waals surface area contributed by atoms with E-state index in [2.05, 4.69) is 4.98 Å². The molecular formula is C22H27N3O5. The van der Waals surface area contributed by atoms with E-state index in [9.17, 15) is 19.8 Å². The van der Waals surface area contributed by atoms with E-state index in [1.165, 1.54) is 6.07 Å². The van der Waals surface area contributed by atoms with Gasteiger partial charge >= 0.3 is 12.1 Å². The van der Waals surface area contributed by atoms with Crippen molar-refractivity contribution in [2.45, 2.75) is 45.1 Å². The Balaban J connectivity index is 2.00. The van der Waals surface area contributed by atoms with Crippen LogP contribution in [0, 0.1) is 0 Å². The summed E-state index contributed by atoms with van der Waals surface area (Å²) in [7, 11) is 0. The second-order valence-corrected chi connectivity index (χ2v) is 8.44. The molecule has 1 aliphatic rings. The van der Waals surface area contributed by atoms with Crippen LogP contribution >= 0.6 is 0 Å². The van der Waals surface area contributed by atoms with Gasteiger partial charge in [-0.15, -0.1) is 0 Å². The summed E-state index contributed by atoms with van der Waals surface area (Å²) in [6, 6.07) is 8.31. The van der Waals surface area contributed by atoms with Crippen molar-refractivity contribution in [3.63, 3.8) is 0 Å². The van der Waals surface area contributed by atoms with Crippen molar-refractivity contribution >= 4 is 17.9 Å². The van der Waals surface area contributed by atoms with Gasteiger partial charge in [0.05, 0.1) is 5.69 Å². The zero-order valence-electron chi connectivity index (χ0n) is 17.4. The molecule has 0 aliphatic carbocycles. The summed E-state index contributed by atoms with van der Waals surface area (Å²) in [6.07, 6.45) is 0.979. The maximum Gasteiger partial charge on any atom is 0.410 e. The number of rotatable bonds is 3. The number of ether oxygens (including phenoxy) is 1. The van der Waals surface area contributed by atoms with Crippen LogP contribution in [-0.2, 0) is 4.74 Å². The fourth-order valence-electron chi connectivity index (χ4n) is 3.69. The highest BCUT2D eigenvalue weighted by molar-refractivity contribution is 5.95. The number of anilines is 1. The molecule has 1 aliphatic heterocycles. The number of hydrogen-bond acceptors (Lipinski definition) is 6. The highest BCUT2D eigenvalue weighted by atomic mass is 16.6. The molecule has 1 amide bonds. The lowest BCUT2D eigenvalue weighted by atomic mass is 9.87. The van der Waals surface area contributed by atoms with Crippen LogP contribution in [0.15, 0.2) is 30.3 Å². The minimum atomic E-state index is -1.17. The van der Waals surface area contributed by atoms with Gasteiger partial charge < -0.3 is 25.6 Å². The molecule has 1 aromatic carbocycles. The number of aromatic carboxylic acids is 1. The number of phenolic OH excluding ortho intramolecular Hbond substituents is 1. The van der Waals surface area contributed by atoms with Crippen molar-refractivity contribution in [2.75, 3.05) is 18.8 Å². The monoisotopic (exact) mass is 413 g/mol. The van der Waals surface area contributed by atoms with Gasteiger partial charge in [-0.3, -0.25) is 0 Å². The third kappa shape index (κ3) is 4.64. The Morgan fingerprint density at radius 3 is 2.60 bits per heavy atom. The first kappa shape index (κ1) is 21.4. The smallest absolute Gasteiger partial charge is 0.410 e. The number of nitrogen functional groups attached to an aromatic ring is 1. The lowest BCUT2D eigenvalue weighted by molar-refractivity contribution is 0.0198. The molecule has 1 fully saturated rings. The van der Waals surface area contributed by atoms with E-state index in [0.29, 0.717) is 42.8 Å². The number of likely N-dealkylation sites (tertiary alicyclic amines) is 1. The van der Waals surface area contributed by atoms with Crippen molar-refractivity contribution < 1.29 is 24.5 Å². The SMILES string of the molecule is CC(C)(C)OC(=O)N1CCCC(c2cc(-c3ccccc3O)nc(N)c2C(=O)O)C1. The standard InChI is InChI=1S/C22H27N3O5/c1-22(2,3)30-21(29)25-10-6-7-13(12-25)15-11-16(14-8-4-5-9-17(14)26)24-19(23)18(15)20(27)28/h4-5,8-9,11,13,26H,6-7,10,12H2,1-3H3,(H2,23,24)(H,27,28). The topological polar surface area (TPSA) is 126 Å². The number of benzene rings is 1. The summed E-state index contributed by atoms with van der Waals surface area (Å²) in [5, 5.41) is 19.9. The normalized spacial score (nSPS) is 16.9. The van der Waals surface area contributed by atoms with E-state index >= 15 is 0 Å². The Kier molecular flexibility index (Phi) is 5.87. The molecule has 1 aromatic heterocycles. The van der Waals surface area contributed by atoms with Crippen LogP contribution in [0.3, 0.4) is 0 Å². The van der Waals surface area contributed by atoms with E-state index in [-0.39, 0.29) is 23.0 Å². The van der Waals surface area contributed by atoms with Gasteiger partial charge in [-0.2, -0.15) is 0 Å². The fraction of sp³-hybridized carbons (Fsp3) is 0.409. The van der Waals surface area contributed by atoms with Crippen LogP contribution in [-0.4, -0.2) is 50.9 Å². The van der Waals surface area contributed by atoms with Gasteiger partial charge in [0.1, 0.15) is 22.7 Å². The van der Waals surface area contributed by atoms with Crippen LogP contribution in [0.1, 0.15) is 55.5 Å². The number of carboxylic acids is 1. The van der Waals surface area contributed by atoms with Gasteiger partial charge in [-0.05, 0) is 57.4 Å². The predicted molar refractivity (Wildman–Crippen MR) is 112 cm³/mol. The maximum atomic E-state index is 12.5. The largest absolute Gasteiger partial charge is 0.507 e. The van der Waals surface area contributed by atoms with Crippen LogP contribution in [0.2, 0.25) is 0 Å². The van der Waals surface area contributed by atoms with Crippen molar-refractivity contribution in [1.82, 2.24) is 9.88 Å². The van der Waals surface area contributed by atoms with E-state index in [4.69, 9.17) is 10.5 Å². The number of pyridine rings is 1. The third-order valence-corrected chi connectivity index (χ3v) is 4.98. The van der Waals surface area contributed by atoms with Crippen LogP contribution < -0.4 is 5.73 Å². The Morgan fingerprint density at radius 1 is 1.27 bits per heavy atom. The Hall–Kier alpha value is -3.29. The summed E-state index contributed by atoms with van der Waals surface area (Å²) < 4.78 is 5.47. The van der Waals surface area contributed by atoms with Crippen molar-refractivity contribution in [3.05, 3.63) is 41.5 Å². The second-order valence-electron chi connectivity index (χ2n) is 8.44. The predicted octanol–water partition coefficient (Wildman–Crippen LogP) is 3.85. The summed E-state index contributed by atoms with van der Waals surface area (Å²) in [6.45, 7) is 6.27. The molecule has 2 aromatic rings. The van der Waals surface area contributed by atoms with Crippen molar-refractivity contribution in [1.29, 1.82) is 0 Å². The maximum absolute atomic E-state index is 12.5. The first-order valence-electron chi connectivity index (χ1n) is 9.87. The number of phenols is 1. The molecule has 8 nitrogen and oxygen atoms in total. The second kappa shape index (κ2) is 8.22. The van der Waals surface area contributed by atoms with Gasteiger partial charge in [0.2, 0.25) is 0 Å².